The number of likely N-dealkylation sites (tertiary alicyclic amines) is 1. The molecule has 1 amide bonds. The van der Waals surface area contributed by atoms with Crippen molar-refractivity contribution in [3.63, 3.8) is 0 Å². The normalized spacial score (nSPS) is 20.1. The molecule has 25 heavy (non-hydrogen) atoms. The maximum Gasteiger partial charge on any atom is 0.308 e. The van der Waals surface area contributed by atoms with Gasteiger partial charge in [-0.2, -0.15) is 0 Å². The van der Waals surface area contributed by atoms with Crippen LogP contribution in [0.2, 0.25) is 0 Å². The highest BCUT2D eigenvalue weighted by atomic mass is 16.4. The van der Waals surface area contributed by atoms with Crippen LogP contribution < -0.4 is 5.32 Å². The quantitative estimate of drug-likeness (QED) is 0.891. The predicted octanol–water partition coefficient (Wildman–Crippen LogP) is 3.76. The lowest BCUT2D eigenvalue weighted by atomic mass is 9.93. The minimum absolute atomic E-state index is 0.0499. The van der Waals surface area contributed by atoms with E-state index in [0.717, 1.165) is 11.4 Å². The molecule has 0 bridgehead atoms. The van der Waals surface area contributed by atoms with Gasteiger partial charge in [-0.25, -0.2) is 0 Å². The number of carboxylic acid groups (broad SMARTS) is 1. The number of hydrogen-bond acceptors (Lipinski definition) is 3. The lowest BCUT2D eigenvalue weighted by molar-refractivity contribution is -0.143. The van der Waals surface area contributed by atoms with Crippen molar-refractivity contribution in [2.45, 2.75) is 25.8 Å². The van der Waals surface area contributed by atoms with Crippen molar-refractivity contribution in [1.29, 1.82) is 0 Å². The van der Waals surface area contributed by atoms with Crippen molar-refractivity contribution < 1.29 is 14.7 Å². The lowest BCUT2D eigenvalue weighted by Gasteiger charge is -2.36. The van der Waals surface area contributed by atoms with Crippen LogP contribution in [0.4, 0.5) is 11.4 Å². The molecule has 1 aliphatic rings. The summed E-state index contributed by atoms with van der Waals surface area (Å²) in [7, 11) is 0. The number of anilines is 2. The molecule has 0 saturated carbocycles. The number of aliphatic carboxylic acids is 1. The Balaban J connectivity index is 1.77. The SMILES string of the molecule is CC1CCC(C(=O)O)CN1C(=O)c1cccc(Nc2ccccc2)c1. The fraction of sp³-hybridized carbons (Fsp3) is 0.300. The fourth-order valence-corrected chi connectivity index (χ4v) is 3.18. The second-order valence-corrected chi connectivity index (χ2v) is 6.49. The predicted molar refractivity (Wildman–Crippen MR) is 97.0 cm³/mol. The molecule has 0 aromatic heterocycles. The molecule has 1 aliphatic heterocycles. The highest BCUT2D eigenvalue weighted by Crippen LogP contribution is 2.25. The van der Waals surface area contributed by atoms with Crippen LogP contribution in [0.1, 0.15) is 30.1 Å². The number of rotatable bonds is 4. The first-order valence-corrected chi connectivity index (χ1v) is 8.50. The summed E-state index contributed by atoms with van der Waals surface area (Å²) >= 11 is 0. The van der Waals surface area contributed by atoms with E-state index in [1.165, 1.54) is 0 Å². The standard InChI is InChI=1S/C20H22N2O3/c1-14-10-11-16(20(24)25)13-22(14)19(23)15-6-5-9-18(12-15)21-17-7-3-2-4-8-17/h2-9,12,14,16,21H,10-11,13H2,1H3,(H,24,25). The topological polar surface area (TPSA) is 69.6 Å². The summed E-state index contributed by atoms with van der Waals surface area (Å²) in [6.45, 7) is 2.24. The number of piperidine rings is 1. The van der Waals surface area contributed by atoms with Crippen LogP contribution in [0, 0.1) is 5.92 Å². The summed E-state index contributed by atoms with van der Waals surface area (Å²) in [4.78, 5) is 25.8. The second-order valence-electron chi connectivity index (χ2n) is 6.49. The highest BCUT2D eigenvalue weighted by Gasteiger charge is 2.32. The third-order valence-electron chi connectivity index (χ3n) is 4.66. The number of carboxylic acids is 1. The van der Waals surface area contributed by atoms with Crippen LogP contribution in [0.15, 0.2) is 54.6 Å². The third-order valence-corrected chi connectivity index (χ3v) is 4.66. The monoisotopic (exact) mass is 338 g/mol. The number of para-hydroxylation sites is 1. The Morgan fingerprint density at radius 1 is 1.04 bits per heavy atom. The summed E-state index contributed by atoms with van der Waals surface area (Å²) in [5, 5.41) is 12.5. The van der Waals surface area contributed by atoms with Gasteiger partial charge in [-0.05, 0) is 50.1 Å². The van der Waals surface area contributed by atoms with E-state index in [2.05, 4.69) is 5.32 Å². The molecule has 130 valence electrons. The maximum absolute atomic E-state index is 12.9. The molecule has 3 rings (SSSR count). The third kappa shape index (κ3) is 3.99. The Morgan fingerprint density at radius 2 is 1.76 bits per heavy atom. The van der Waals surface area contributed by atoms with Gasteiger partial charge in [0.05, 0.1) is 5.92 Å². The summed E-state index contributed by atoms with van der Waals surface area (Å²) in [6, 6.07) is 17.1. The number of carbonyl (C=O) groups is 2. The Kier molecular flexibility index (Phi) is 5.03. The van der Waals surface area contributed by atoms with Crippen LogP contribution in [-0.4, -0.2) is 34.5 Å². The van der Waals surface area contributed by atoms with E-state index in [-0.39, 0.29) is 18.5 Å². The van der Waals surface area contributed by atoms with Gasteiger partial charge in [0.15, 0.2) is 0 Å². The number of nitrogens with one attached hydrogen (secondary N) is 1. The van der Waals surface area contributed by atoms with Crippen LogP contribution >= 0.6 is 0 Å². The van der Waals surface area contributed by atoms with E-state index < -0.39 is 11.9 Å². The summed E-state index contributed by atoms with van der Waals surface area (Å²) in [6.07, 6.45) is 1.33. The molecule has 2 N–H and O–H groups in total. The van der Waals surface area contributed by atoms with Crippen molar-refractivity contribution in [2.75, 3.05) is 11.9 Å². The van der Waals surface area contributed by atoms with E-state index in [4.69, 9.17) is 0 Å². The molecule has 1 fully saturated rings. The van der Waals surface area contributed by atoms with Gasteiger partial charge in [0.2, 0.25) is 0 Å². The molecule has 5 nitrogen and oxygen atoms in total. The maximum atomic E-state index is 12.9. The summed E-state index contributed by atoms with van der Waals surface area (Å²) in [5.74, 6) is -1.43. The van der Waals surface area contributed by atoms with Gasteiger partial charge in [0.25, 0.3) is 5.91 Å². The zero-order valence-electron chi connectivity index (χ0n) is 14.2. The van der Waals surface area contributed by atoms with Gasteiger partial charge >= 0.3 is 5.97 Å². The zero-order chi connectivity index (χ0) is 17.8. The fourth-order valence-electron chi connectivity index (χ4n) is 3.18. The number of hydrogen-bond donors (Lipinski definition) is 2. The second kappa shape index (κ2) is 7.38. The van der Waals surface area contributed by atoms with Gasteiger partial charge in [0, 0.05) is 29.5 Å². The molecule has 2 atom stereocenters. The highest BCUT2D eigenvalue weighted by molar-refractivity contribution is 5.96. The first-order chi connectivity index (χ1) is 12.0. The molecule has 1 heterocycles. The minimum atomic E-state index is -0.829. The van der Waals surface area contributed by atoms with E-state index >= 15 is 0 Å². The van der Waals surface area contributed by atoms with E-state index in [9.17, 15) is 14.7 Å². The molecule has 2 aromatic carbocycles. The molecule has 2 aromatic rings. The van der Waals surface area contributed by atoms with E-state index in [0.29, 0.717) is 18.4 Å². The van der Waals surface area contributed by atoms with Crippen molar-refractivity contribution in [2.24, 2.45) is 5.92 Å². The summed E-state index contributed by atoms with van der Waals surface area (Å²) < 4.78 is 0. The Bertz CT molecular complexity index is 761. The van der Waals surface area contributed by atoms with Gasteiger partial charge in [-0.15, -0.1) is 0 Å². The van der Waals surface area contributed by atoms with E-state index in [1.54, 1.807) is 11.0 Å². The van der Waals surface area contributed by atoms with Crippen LogP contribution in [0.25, 0.3) is 0 Å². The van der Waals surface area contributed by atoms with Gasteiger partial charge in [-0.1, -0.05) is 24.3 Å². The zero-order valence-corrected chi connectivity index (χ0v) is 14.2. The van der Waals surface area contributed by atoms with Crippen LogP contribution in [0.5, 0.6) is 0 Å². The van der Waals surface area contributed by atoms with Gasteiger partial charge in [-0.3, -0.25) is 9.59 Å². The largest absolute Gasteiger partial charge is 0.481 e. The molecular weight excluding hydrogens is 316 g/mol. The average Bonchev–Trinajstić information content (AvgIpc) is 2.62. The average molecular weight is 338 g/mol. The van der Waals surface area contributed by atoms with E-state index in [1.807, 2.05) is 55.5 Å². The Hall–Kier alpha value is -2.82. The minimum Gasteiger partial charge on any atom is -0.481 e. The van der Waals surface area contributed by atoms with Gasteiger partial charge in [0.1, 0.15) is 0 Å². The molecule has 0 radical (unpaired) electrons. The summed E-state index contributed by atoms with van der Waals surface area (Å²) in [5.41, 5.74) is 2.35. The smallest absolute Gasteiger partial charge is 0.308 e. The van der Waals surface area contributed by atoms with Crippen LogP contribution in [0.3, 0.4) is 0 Å². The van der Waals surface area contributed by atoms with Crippen molar-refractivity contribution >= 4 is 23.3 Å². The molecule has 2 unspecified atom stereocenters. The van der Waals surface area contributed by atoms with Crippen molar-refractivity contribution in [3.05, 3.63) is 60.2 Å². The molecule has 0 spiro atoms. The molecule has 5 heteroatoms. The number of amides is 1. The number of carbonyl (C=O) groups excluding carboxylic acids is 1. The van der Waals surface area contributed by atoms with Crippen molar-refractivity contribution in [1.82, 2.24) is 4.90 Å². The lowest BCUT2D eigenvalue weighted by Crippen LogP contribution is -2.47. The molecule has 0 aliphatic carbocycles. The Labute approximate surface area is 147 Å². The first-order valence-electron chi connectivity index (χ1n) is 8.50. The van der Waals surface area contributed by atoms with Gasteiger partial charge < -0.3 is 15.3 Å². The van der Waals surface area contributed by atoms with Crippen LogP contribution in [-0.2, 0) is 4.79 Å². The number of benzene rings is 2. The Morgan fingerprint density at radius 3 is 2.48 bits per heavy atom. The molecule has 1 saturated heterocycles. The first kappa shape index (κ1) is 17.0. The molecular formula is C20H22N2O3. The van der Waals surface area contributed by atoms with Crippen molar-refractivity contribution in [3.8, 4) is 0 Å². The number of nitrogens with zero attached hydrogens (tertiary/aromatic N) is 1.